The zero-order valence-corrected chi connectivity index (χ0v) is 12.2. The summed E-state index contributed by atoms with van der Waals surface area (Å²) in [6, 6.07) is 2.24. The normalized spacial score (nSPS) is 12.7. The van der Waals surface area contributed by atoms with Crippen LogP contribution < -0.4 is 11.1 Å². The first-order valence-corrected chi connectivity index (χ1v) is 7.20. The summed E-state index contributed by atoms with van der Waals surface area (Å²) in [6.07, 6.45) is 1.01. The summed E-state index contributed by atoms with van der Waals surface area (Å²) in [6.45, 7) is 6.04. The van der Waals surface area contributed by atoms with Gasteiger partial charge in [-0.3, -0.25) is 9.69 Å². The first-order valence-electron chi connectivity index (χ1n) is 6.32. The number of hydrogen-bond donors (Lipinski definition) is 2. The third-order valence-corrected chi connectivity index (χ3v) is 4.12. The van der Waals surface area contributed by atoms with Crippen molar-refractivity contribution >= 4 is 17.2 Å². The SMILES string of the molecule is CCCN(CC(=O)NC)C(CN)c1sccc1C. The third kappa shape index (κ3) is 3.80. The predicted molar refractivity (Wildman–Crippen MR) is 76.8 cm³/mol. The van der Waals surface area contributed by atoms with Crippen LogP contribution in [0.5, 0.6) is 0 Å². The van der Waals surface area contributed by atoms with Crippen LogP contribution in [-0.4, -0.2) is 37.5 Å². The van der Waals surface area contributed by atoms with Gasteiger partial charge >= 0.3 is 0 Å². The highest BCUT2D eigenvalue weighted by Gasteiger charge is 2.22. The summed E-state index contributed by atoms with van der Waals surface area (Å²) in [5.41, 5.74) is 7.17. The van der Waals surface area contributed by atoms with Crippen molar-refractivity contribution in [3.63, 3.8) is 0 Å². The van der Waals surface area contributed by atoms with Crippen molar-refractivity contribution in [1.29, 1.82) is 0 Å². The van der Waals surface area contributed by atoms with Gasteiger partial charge < -0.3 is 11.1 Å². The highest BCUT2D eigenvalue weighted by atomic mass is 32.1. The molecule has 1 unspecified atom stereocenters. The lowest BCUT2D eigenvalue weighted by atomic mass is 10.1. The Morgan fingerprint density at radius 3 is 2.78 bits per heavy atom. The Hall–Kier alpha value is -0.910. The zero-order valence-electron chi connectivity index (χ0n) is 11.4. The topological polar surface area (TPSA) is 58.4 Å². The molecule has 0 aliphatic rings. The van der Waals surface area contributed by atoms with Gasteiger partial charge in [0, 0.05) is 18.5 Å². The Balaban J connectivity index is 2.87. The molecule has 0 aromatic carbocycles. The minimum absolute atomic E-state index is 0.0381. The molecule has 1 rings (SSSR count). The standard InChI is InChI=1S/C13H23N3OS/c1-4-6-16(9-12(17)15-3)11(8-14)13-10(2)5-7-18-13/h5,7,11H,4,6,8-9,14H2,1-3H3,(H,15,17). The minimum Gasteiger partial charge on any atom is -0.358 e. The summed E-state index contributed by atoms with van der Waals surface area (Å²) < 4.78 is 0. The van der Waals surface area contributed by atoms with E-state index in [1.807, 2.05) is 0 Å². The molecular formula is C13H23N3OS. The predicted octanol–water partition coefficient (Wildman–Crippen LogP) is 1.51. The highest BCUT2D eigenvalue weighted by Crippen LogP contribution is 2.28. The van der Waals surface area contributed by atoms with Gasteiger partial charge in [-0.1, -0.05) is 6.92 Å². The number of aryl methyl sites for hydroxylation is 1. The van der Waals surface area contributed by atoms with Crippen LogP contribution >= 0.6 is 11.3 Å². The molecule has 0 aliphatic heterocycles. The van der Waals surface area contributed by atoms with E-state index >= 15 is 0 Å². The van der Waals surface area contributed by atoms with Crippen LogP contribution in [0.4, 0.5) is 0 Å². The molecule has 4 nitrogen and oxygen atoms in total. The van der Waals surface area contributed by atoms with E-state index in [2.05, 4.69) is 35.5 Å². The lowest BCUT2D eigenvalue weighted by Crippen LogP contribution is -2.41. The maximum atomic E-state index is 11.6. The quantitative estimate of drug-likeness (QED) is 0.789. The first kappa shape index (κ1) is 15.1. The molecule has 0 bridgehead atoms. The average molecular weight is 269 g/mol. The van der Waals surface area contributed by atoms with Crippen molar-refractivity contribution in [1.82, 2.24) is 10.2 Å². The fourth-order valence-electron chi connectivity index (χ4n) is 2.04. The molecule has 0 spiro atoms. The number of thiophene rings is 1. The van der Waals surface area contributed by atoms with E-state index in [0.717, 1.165) is 13.0 Å². The summed E-state index contributed by atoms with van der Waals surface area (Å²) in [4.78, 5) is 15.0. The summed E-state index contributed by atoms with van der Waals surface area (Å²) in [5.74, 6) is 0.0381. The number of nitrogens with two attached hydrogens (primary N) is 1. The Labute approximate surface area is 113 Å². The van der Waals surface area contributed by atoms with Crippen LogP contribution in [0, 0.1) is 6.92 Å². The molecule has 0 saturated carbocycles. The van der Waals surface area contributed by atoms with Crippen LogP contribution in [0.15, 0.2) is 11.4 Å². The molecule has 0 radical (unpaired) electrons. The lowest BCUT2D eigenvalue weighted by Gasteiger charge is -2.29. The van der Waals surface area contributed by atoms with Crippen LogP contribution in [0.1, 0.15) is 29.8 Å². The lowest BCUT2D eigenvalue weighted by molar-refractivity contribution is -0.122. The van der Waals surface area contributed by atoms with Crippen LogP contribution in [-0.2, 0) is 4.79 Å². The van der Waals surface area contributed by atoms with Gasteiger partial charge in [0.1, 0.15) is 0 Å². The molecule has 5 heteroatoms. The van der Waals surface area contributed by atoms with E-state index in [1.54, 1.807) is 18.4 Å². The minimum atomic E-state index is 0.0381. The number of nitrogens with zero attached hydrogens (tertiary/aromatic N) is 1. The Bertz CT molecular complexity index is 378. The molecular weight excluding hydrogens is 246 g/mol. The van der Waals surface area contributed by atoms with E-state index in [4.69, 9.17) is 5.73 Å². The van der Waals surface area contributed by atoms with Crippen LogP contribution in [0.3, 0.4) is 0 Å². The van der Waals surface area contributed by atoms with E-state index < -0.39 is 0 Å². The van der Waals surface area contributed by atoms with Gasteiger partial charge in [-0.15, -0.1) is 11.3 Å². The summed E-state index contributed by atoms with van der Waals surface area (Å²) in [7, 11) is 1.67. The number of nitrogens with one attached hydrogen (secondary N) is 1. The number of likely N-dealkylation sites (N-methyl/N-ethyl adjacent to an activating group) is 1. The van der Waals surface area contributed by atoms with Crippen molar-refractivity contribution in [3.05, 3.63) is 21.9 Å². The maximum Gasteiger partial charge on any atom is 0.233 e. The molecule has 0 fully saturated rings. The molecule has 1 amide bonds. The third-order valence-electron chi connectivity index (χ3n) is 3.00. The summed E-state index contributed by atoms with van der Waals surface area (Å²) >= 11 is 1.72. The number of rotatable bonds is 7. The molecule has 0 saturated heterocycles. The number of hydrogen-bond acceptors (Lipinski definition) is 4. The molecule has 1 aromatic heterocycles. The second-order valence-corrected chi connectivity index (χ2v) is 5.31. The molecule has 1 aromatic rings. The number of amides is 1. The Kier molecular flexibility index (Phi) is 6.32. The van der Waals surface area contributed by atoms with E-state index in [9.17, 15) is 4.79 Å². The van der Waals surface area contributed by atoms with Gasteiger partial charge in [-0.05, 0) is 36.9 Å². The zero-order chi connectivity index (χ0) is 13.5. The fraction of sp³-hybridized carbons (Fsp3) is 0.615. The van der Waals surface area contributed by atoms with Gasteiger partial charge in [0.15, 0.2) is 0 Å². The second kappa shape index (κ2) is 7.51. The van der Waals surface area contributed by atoms with Gasteiger partial charge in [0.25, 0.3) is 0 Å². The summed E-state index contributed by atoms with van der Waals surface area (Å²) in [5, 5.41) is 4.76. The average Bonchev–Trinajstić information content (AvgIpc) is 2.77. The highest BCUT2D eigenvalue weighted by molar-refractivity contribution is 7.10. The van der Waals surface area contributed by atoms with Crippen LogP contribution in [0.25, 0.3) is 0 Å². The Morgan fingerprint density at radius 2 is 2.33 bits per heavy atom. The largest absolute Gasteiger partial charge is 0.358 e. The van der Waals surface area contributed by atoms with Gasteiger partial charge in [-0.2, -0.15) is 0 Å². The van der Waals surface area contributed by atoms with Gasteiger partial charge in [0.2, 0.25) is 5.91 Å². The Morgan fingerprint density at radius 1 is 1.61 bits per heavy atom. The maximum absolute atomic E-state index is 11.6. The van der Waals surface area contributed by atoms with Crippen molar-refractivity contribution in [3.8, 4) is 0 Å². The monoisotopic (exact) mass is 269 g/mol. The van der Waals surface area contributed by atoms with Gasteiger partial charge in [-0.25, -0.2) is 0 Å². The van der Waals surface area contributed by atoms with E-state index in [-0.39, 0.29) is 11.9 Å². The molecule has 102 valence electrons. The van der Waals surface area contributed by atoms with Gasteiger partial charge in [0.05, 0.1) is 12.6 Å². The number of carbonyl (C=O) groups excluding carboxylic acids is 1. The molecule has 3 N–H and O–H groups in total. The van der Waals surface area contributed by atoms with Crippen molar-refractivity contribution in [2.45, 2.75) is 26.3 Å². The van der Waals surface area contributed by atoms with Crippen LogP contribution in [0.2, 0.25) is 0 Å². The fourth-order valence-corrected chi connectivity index (χ4v) is 3.12. The van der Waals surface area contributed by atoms with E-state index in [0.29, 0.717) is 13.1 Å². The smallest absolute Gasteiger partial charge is 0.233 e. The van der Waals surface area contributed by atoms with E-state index in [1.165, 1.54) is 10.4 Å². The van der Waals surface area contributed by atoms with Crippen molar-refractivity contribution in [2.75, 3.05) is 26.7 Å². The van der Waals surface area contributed by atoms with Crippen molar-refractivity contribution in [2.24, 2.45) is 5.73 Å². The number of carbonyl (C=O) groups is 1. The first-order chi connectivity index (χ1) is 8.63. The van der Waals surface area contributed by atoms with Crippen molar-refractivity contribution < 1.29 is 4.79 Å². The molecule has 0 aliphatic carbocycles. The molecule has 1 atom stereocenters. The molecule has 18 heavy (non-hydrogen) atoms. The molecule has 1 heterocycles. The second-order valence-electron chi connectivity index (χ2n) is 4.36.